The molecule has 1 aromatic rings. The lowest BCUT2D eigenvalue weighted by Crippen LogP contribution is -2.50. The van der Waals surface area contributed by atoms with E-state index in [0.29, 0.717) is 13.0 Å². The third kappa shape index (κ3) is 3.10. The predicted octanol–water partition coefficient (Wildman–Crippen LogP) is 0.955. The molecule has 5 nitrogen and oxygen atoms in total. The van der Waals surface area contributed by atoms with Crippen LogP contribution in [0.25, 0.3) is 0 Å². The average Bonchev–Trinajstić information content (AvgIpc) is 2.32. The molecular weight excluding hydrogens is 220 g/mol. The third-order valence-electron chi connectivity index (χ3n) is 2.87. The Morgan fingerprint density at radius 2 is 2.12 bits per heavy atom. The number of phenols is 2. The molecule has 1 aromatic carbocycles. The van der Waals surface area contributed by atoms with Crippen molar-refractivity contribution in [2.75, 3.05) is 6.54 Å². The number of phenolic OH excluding ortho intramolecular Hbond substituents is 2. The number of hydrogen-bond acceptors (Lipinski definition) is 4. The van der Waals surface area contributed by atoms with Gasteiger partial charge in [0.1, 0.15) is 11.5 Å². The zero-order valence-electron chi connectivity index (χ0n) is 10.0. The molecule has 1 amide bonds. The molecule has 0 aromatic heterocycles. The molecule has 0 radical (unpaired) electrons. The number of rotatable bonds is 4. The molecule has 5 N–H and O–H groups in total. The Kier molecular flexibility index (Phi) is 3.96. The zero-order chi connectivity index (χ0) is 13.1. The highest BCUT2D eigenvalue weighted by atomic mass is 16.3. The first-order chi connectivity index (χ1) is 7.91. The average molecular weight is 238 g/mol. The van der Waals surface area contributed by atoms with Crippen LogP contribution in [0.2, 0.25) is 0 Å². The van der Waals surface area contributed by atoms with E-state index in [0.717, 1.165) is 0 Å². The normalized spacial score (nSPS) is 14.1. The van der Waals surface area contributed by atoms with Crippen LogP contribution in [-0.4, -0.2) is 28.2 Å². The number of benzene rings is 1. The van der Waals surface area contributed by atoms with E-state index >= 15 is 0 Å². The second-order valence-corrected chi connectivity index (χ2v) is 4.27. The van der Waals surface area contributed by atoms with Gasteiger partial charge in [-0.3, -0.25) is 4.79 Å². The minimum atomic E-state index is -0.519. The van der Waals surface area contributed by atoms with Gasteiger partial charge in [-0.05, 0) is 31.5 Å². The monoisotopic (exact) mass is 238 g/mol. The Balaban J connectivity index is 2.94. The van der Waals surface area contributed by atoms with E-state index < -0.39 is 11.4 Å². The number of carbonyl (C=O) groups excluding carboxylic acids is 1. The summed E-state index contributed by atoms with van der Waals surface area (Å²) < 4.78 is 0. The SMILES string of the molecule is CCC(C)(CN)NC(=O)c1cc(O)ccc1O. The fourth-order valence-electron chi connectivity index (χ4n) is 1.33. The molecule has 0 aliphatic heterocycles. The molecule has 17 heavy (non-hydrogen) atoms. The van der Waals surface area contributed by atoms with E-state index in [9.17, 15) is 15.0 Å². The number of amides is 1. The fourth-order valence-corrected chi connectivity index (χ4v) is 1.33. The van der Waals surface area contributed by atoms with Crippen molar-refractivity contribution in [3.63, 3.8) is 0 Å². The maximum atomic E-state index is 11.9. The number of carbonyl (C=O) groups is 1. The Labute approximate surface area is 100 Å². The van der Waals surface area contributed by atoms with Crippen LogP contribution in [0.15, 0.2) is 18.2 Å². The van der Waals surface area contributed by atoms with Crippen molar-refractivity contribution in [3.8, 4) is 11.5 Å². The van der Waals surface area contributed by atoms with E-state index in [4.69, 9.17) is 5.73 Å². The first-order valence-corrected chi connectivity index (χ1v) is 5.46. The lowest BCUT2D eigenvalue weighted by molar-refractivity contribution is 0.0903. The van der Waals surface area contributed by atoms with Crippen LogP contribution in [0.3, 0.4) is 0 Å². The molecule has 0 saturated carbocycles. The van der Waals surface area contributed by atoms with E-state index in [-0.39, 0.29) is 17.1 Å². The Morgan fingerprint density at radius 3 is 2.65 bits per heavy atom. The second-order valence-electron chi connectivity index (χ2n) is 4.27. The highest BCUT2D eigenvalue weighted by Gasteiger charge is 2.24. The first kappa shape index (κ1) is 13.3. The maximum Gasteiger partial charge on any atom is 0.255 e. The smallest absolute Gasteiger partial charge is 0.255 e. The summed E-state index contributed by atoms with van der Waals surface area (Å²) in [5, 5.41) is 21.6. The highest BCUT2D eigenvalue weighted by Crippen LogP contribution is 2.22. The van der Waals surface area contributed by atoms with Crippen molar-refractivity contribution in [1.29, 1.82) is 0 Å². The Morgan fingerprint density at radius 1 is 1.47 bits per heavy atom. The summed E-state index contributed by atoms with van der Waals surface area (Å²) in [5.41, 5.74) is 5.11. The van der Waals surface area contributed by atoms with Crippen molar-refractivity contribution in [3.05, 3.63) is 23.8 Å². The number of aromatic hydroxyl groups is 2. The standard InChI is InChI=1S/C12H18N2O3/c1-3-12(2,7-13)14-11(17)9-6-8(15)4-5-10(9)16/h4-6,15-16H,3,7,13H2,1-2H3,(H,14,17). The van der Waals surface area contributed by atoms with Gasteiger partial charge in [0, 0.05) is 12.1 Å². The minimum absolute atomic E-state index is 0.0399. The summed E-state index contributed by atoms with van der Waals surface area (Å²) in [7, 11) is 0. The molecule has 5 heteroatoms. The summed E-state index contributed by atoms with van der Waals surface area (Å²) in [4.78, 5) is 11.9. The van der Waals surface area contributed by atoms with Crippen LogP contribution in [0.4, 0.5) is 0 Å². The van der Waals surface area contributed by atoms with E-state index in [2.05, 4.69) is 5.32 Å². The molecule has 0 aliphatic carbocycles. The topological polar surface area (TPSA) is 95.6 Å². The highest BCUT2D eigenvalue weighted by molar-refractivity contribution is 5.97. The molecule has 0 spiro atoms. The van der Waals surface area contributed by atoms with Crippen molar-refractivity contribution < 1.29 is 15.0 Å². The van der Waals surface area contributed by atoms with Gasteiger partial charge in [-0.25, -0.2) is 0 Å². The van der Waals surface area contributed by atoms with E-state index in [1.165, 1.54) is 18.2 Å². The molecule has 0 heterocycles. The molecule has 94 valence electrons. The van der Waals surface area contributed by atoms with Gasteiger partial charge in [0.25, 0.3) is 5.91 Å². The summed E-state index contributed by atoms with van der Waals surface area (Å²) in [6.45, 7) is 4.04. The van der Waals surface area contributed by atoms with Crippen LogP contribution >= 0.6 is 0 Å². The molecule has 1 unspecified atom stereocenters. The van der Waals surface area contributed by atoms with Crippen molar-refractivity contribution in [1.82, 2.24) is 5.32 Å². The minimum Gasteiger partial charge on any atom is -0.508 e. The van der Waals surface area contributed by atoms with Gasteiger partial charge in [0.05, 0.1) is 5.56 Å². The number of hydrogen-bond donors (Lipinski definition) is 4. The summed E-state index contributed by atoms with van der Waals surface area (Å²) in [5.74, 6) is -0.692. The Bertz CT molecular complexity index is 414. The number of nitrogens with two attached hydrogens (primary N) is 1. The number of nitrogens with one attached hydrogen (secondary N) is 1. The van der Waals surface area contributed by atoms with Crippen LogP contribution < -0.4 is 11.1 Å². The van der Waals surface area contributed by atoms with Gasteiger partial charge < -0.3 is 21.3 Å². The van der Waals surface area contributed by atoms with Gasteiger partial charge in [-0.2, -0.15) is 0 Å². The largest absolute Gasteiger partial charge is 0.508 e. The second kappa shape index (κ2) is 5.05. The molecule has 0 aliphatic rings. The summed E-state index contributed by atoms with van der Waals surface area (Å²) >= 11 is 0. The predicted molar refractivity (Wildman–Crippen MR) is 65.0 cm³/mol. The van der Waals surface area contributed by atoms with Crippen molar-refractivity contribution in [2.24, 2.45) is 5.73 Å². The van der Waals surface area contributed by atoms with Gasteiger partial charge in [0.2, 0.25) is 0 Å². The molecule has 0 saturated heterocycles. The lowest BCUT2D eigenvalue weighted by Gasteiger charge is -2.28. The van der Waals surface area contributed by atoms with Crippen molar-refractivity contribution >= 4 is 5.91 Å². The molecule has 0 bridgehead atoms. The van der Waals surface area contributed by atoms with Gasteiger partial charge >= 0.3 is 0 Å². The van der Waals surface area contributed by atoms with Crippen LogP contribution in [-0.2, 0) is 0 Å². The first-order valence-electron chi connectivity index (χ1n) is 5.46. The Hall–Kier alpha value is -1.75. The van der Waals surface area contributed by atoms with E-state index in [1.807, 2.05) is 13.8 Å². The third-order valence-corrected chi connectivity index (χ3v) is 2.87. The molecular formula is C12H18N2O3. The van der Waals surface area contributed by atoms with Crippen LogP contribution in [0.5, 0.6) is 11.5 Å². The van der Waals surface area contributed by atoms with Crippen LogP contribution in [0.1, 0.15) is 30.6 Å². The molecule has 1 atom stereocenters. The summed E-state index contributed by atoms with van der Waals surface area (Å²) in [6, 6.07) is 3.81. The lowest BCUT2D eigenvalue weighted by atomic mass is 9.98. The van der Waals surface area contributed by atoms with Crippen LogP contribution in [0, 0.1) is 0 Å². The summed E-state index contributed by atoms with van der Waals surface area (Å²) in [6.07, 6.45) is 0.675. The zero-order valence-corrected chi connectivity index (χ0v) is 10.0. The fraction of sp³-hybridized carbons (Fsp3) is 0.417. The van der Waals surface area contributed by atoms with Gasteiger partial charge in [0.15, 0.2) is 0 Å². The quantitative estimate of drug-likeness (QED) is 0.587. The molecule has 0 fully saturated rings. The van der Waals surface area contributed by atoms with E-state index in [1.54, 1.807) is 0 Å². The maximum absolute atomic E-state index is 11.9. The molecule has 1 rings (SSSR count). The van der Waals surface area contributed by atoms with Gasteiger partial charge in [-0.15, -0.1) is 0 Å². The van der Waals surface area contributed by atoms with Gasteiger partial charge in [-0.1, -0.05) is 6.92 Å². The van der Waals surface area contributed by atoms with Crippen molar-refractivity contribution in [2.45, 2.75) is 25.8 Å².